The zero-order valence-corrected chi connectivity index (χ0v) is 6.59. The van der Waals surface area contributed by atoms with Crippen molar-refractivity contribution >= 4 is 26.4 Å². The molecule has 0 spiro atoms. The van der Waals surface area contributed by atoms with Crippen molar-refractivity contribution in [1.29, 1.82) is 0 Å². The van der Waals surface area contributed by atoms with Crippen LogP contribution < -0.4 is 11.5 Å². The summed E-state index contributed by atoms with van der Waals surface area (Å²) in [6, 6.07) is -0.361. The van der Waals surface area contributed by atoms with Crippen molar-refractivity contribution in [2.75, 3.05) is 6.54 Å². The maximum Gasteiger partial charge on any atom is 0.208 e. The van der Waals surface area contributed by atoms with Crippen LogP contribution in [0.2, 0.25) is 0 Å². The number of hydrogen-bond acceptors (Lipinski definition) is 3. The van der Waals surface area contributed by atoms with Crippen molar-refractivity contribution < 1.29 is 4.79 Å². The van der Waals surface area contributed by atoms with E-state index in [1.165, 1.54) is 0 Å². The summed E-state index contributed by atoms with van der Waals surface area (Å²) < 4.78 is -0.0203. The van der Waals surface area contributed by atoms with E-state index in [0.717, 1.165) is 0 Å². The molecule has 3 nitrogen and oxygen atoms in total. The third kappa shape index (κ3) is 3.34. The number of carbonyl (C=O) groups is 1. The largest absolute Gasteiger partial charge is 0.330 e. The summed E-state index contributed by atoms with van der Waals surface area (Å²) in [5.41, 5.74) is 10.4. The third-order valence-electron chi connectivity index (χ3n) is 0.769. The Morgan fingerprint density at radius 1 is 1.75 bits per heavy atom. The molecule has 0 amide bonds. The zero-order chi connectivity index (χ0) is 6.57. The summed E-state index contributed by atoms with van der Waals surface area (Å²) in [6.07, 6.45) is 0.585. The van der Waals surface area contributed by atoms with Gasteiger partial charge in [-0.05, 0) is 13.0 Å². The highest BCUT2D eigenvalue weighted by Crippen LogP contribution is 1.94. The molecule has 0 rings (SSSR count). The molecule has 0 aliphatic rings. The average molecular weight is 228 g/mol. The second-order valence-corrected chi connectivity index (χ2v) is 2.55. The molecule has 8 heavy (non-hydrogen) atoms. The number of hydrogen-bond donors (Lipinski definition) is 2. The fourth-order valence-electron chi connectivity index (χ4n) is 0.293. The van der Waals surface area contributed by atoms with E-state index in [2.05, 4.69) is 0 Å². The molecule has 0 unspecified atom stereocenters. The van der Waals surface area contributed by atoms with Gasteiger partial charge in [-0.25, -0.2) is 0 Å². The zero-order valence-electron chi connectivity index (χ0n) is 4.43. The molecule has 0 saturated heterocycles. The fourth-order valence-corrected chi connectivity index (χ4v) is 0.604. The van der Waals surface area contributed by atoms with Gasteiger partial charge in [-0.15, -0.1) is 0 Å². The minimum Gasteiger partial charge on any atom is -0.330 e. The van der Waals surface area contributed by atoms with Gasteiger partial charge in [0.15, 0.2) is 0 Å². The summed E-state index contributed by atoms with van der Waals surface area (Å²) in [6.45, 7) is 0.482. The van der Waals surface area contributed by atoms with Gasteiger partial charge in [-0.3, -0.25) is 4.79 Å². The molecule has 0 fully saturated rings. The Morgan fingerprint density at radius 2 is 2.25 bits per heavy atom. The topological polar surface area (TPSA) is 69.1 Å². The lowest BCUT2D eigenvalue weighted by atomic mass is 10.2. The number of rotatable bonds is 3. The molecule has 0 aromatic heterocycles. The van der Waals surface area contributed by atoms with E-state index in [9.17, 15) is 4.79 Å². The van der Waals surface area contributed by atoms with Gasteiger partial charge in [0.05, 0.1) is 6.04 Å². The van der Waals surface area contributed by atoms with Gasteiger partial charge in [-0.2, -0.15) is 0 Å². The second-order valence-electron chi connectivity index (χ2n) is 1.49. The first-order valence-electron chi connectivity index (χ1n) is 2.33. The molecule has 0 aliphatic heterocycles. The summed E-state index contributed by atoms with van der Waals surface area (Å²) >= 11 is 1.67. The van der Waals surface area contributed by atoms with Crippen LogP contribution in [0.3, 0.4) is 0 Å². The molecule has 0 saturated carbocycles. The monoisotopic (exact) mass is 228 g/mol. The van der Waals surface area contributed by atoms with Crippen LogP contribution in [-0.2, 0) is 4.79 Å². The van der Waals surface area contributed by atoms with Crippen molar-refractivity contribution in [3.63, 3.8) is 0 Å². The highest BCUT2D eigenvalue weighted by molar-refractivity contribution is 14.1. The summed E-state index contributed by atoms with van der Waals surface area (Å²) in [5, 5.41) is 0. The molecule has 0 heterocycles. The van der Waals surface area contributed by atoms with E-state index in [1.807, 2.05) is 0 Å². The van der Waals surface area contributed by atoms with Crippen LogP contribution in [0, 0.1) is 0 Å². The van der Waals surface area contributed by atoms with Crippen LogP contribution in [0.25, 0.3) is 0 Å². The Labute approximate surface area is 61.9 Å². The van der Waals surface area contributed by atoms with Crippen LogP contribution >= 0.6 is 22.6 Å². The van der Waals surface area contributed by atoms with Crippen molar-refractivity contribution in [2.45, 2.75) is 12.5 Å². The van der Waals surface area contributed by atoms with E-state index in [0.29, 0.717) is 13.0 Å². The minimum atomic E-state index is -0.361. The summed E-state index contributed by atoms with van der Waals surface area (Å²) in [4.78, 5) is 10.3. The lowest BCUT2D eigenvalue weighted by molar-refractivity contribution is -0.110. The average Bonchev–Trinajstić information content (AvgIpc) is 1.67. The van der Waals surface area contributed by atoms with Gasteiger partial charge >= 0.3 is 0 Å². The summed E-state index contributed by atoms with van der Waals surface area (Å²) in [5.74, 6) is 0. The van der Waals surface area contributed by atoms with Crippen LogP contribution in [0.15, 0.2) is 0 Å². The Bertz CT molecular complexity index is 86.1. The standard InChI is InChI=1S/C4H9IN2O/c5-4(8)3(7)1-2-6/h3H,1-2,6-7H2/t3-/m0/s1. The Hall–Kier alpha value is 0.320. The molecular formula is C4H9IN2O. The molecule has 4 N–H and O–H groups in total. The molecule has 0 radical (unpaired) electrons. The number of carbonyl (C=O) groups excluding carboxylic acids is 1. The van der Waals surface area contributed by atoms with Crippen LogP contribution in [-0.4, -0.2) is 16.4 Å². The van der Waals surface area contributed by atoms with E-state index in [-0.39, 0.29) is 9.83 Å². The molecule has 0 aromatic carbocycles. The lowest BCUT2D eigenvalue weighted by Crippen LogP contribution is -2.28. The number of halogens is 1. The van der Waals surface area contributed by atoms with Crippen molar-refractivity contribution in [1.82, 2.24) is 0 Å². The molecule has 0 aliphatic carbocycles. The first-order valence-corrected chi connectivity index (χ1v) is 3.41. The highest BCUT2D eigenvalue weighted by Gasteiger charge is 2.06. The van der Waals surface area contributed by atoms with Crippen LogP contribution in [0.5, 0.6) is 0 Å². The lowest BCUT2D eigenvalue weighted by Gasteiger charge is -2.00. The van der Waals surface area contributed by atoms with Gasteiger partial charge < -0.3 is 11.5 Å². The molecule has 0 aromatic rings. The molecule has 48 valence electrons. The van der Waals surface area contributed by atoms with Gasteiger partial charge in [0.1, 0.15) is 0 Å². The number of nitrogens with two attached hydrogens (primary N) is 2. The van der Waals surface area contributed by atoms with Crippen molar-refractivity contribution in [3.8, 4) is 0 Å². The van der Waals surface area contributed by atoms with Gasteiger partial charge in [-0.1, -0.05) is 0 Å². The maximum absolute atomic E-state index is 10.3. The maximum atomic E-state index is 10.3. The Kier molecular flexibility index (Phi) is 4.39. The predicted molar refractivity (Wildman–Crippen MR) is 40.7 cm³/mol. The second kappa shape index (κ2) is 4.22. The molecule has 1 atom stereocenters. The van der Waals surface area contributed by atoms with E-state index in [4.69, 9.17) is 11.5 Å². The van der Waals surface area contributed by atoms with E-state index < -0.39 is 0 Å². The van der Waals surface area contributed by atoms with E-state index >= 15 is 0 Å². The van der Waals surface area contributed by atoms with Gasteiger partial charge in [0.2, 0.25) is 3.79 Å². The normalized spacial score (nSPS) is 13.4. The summed E-state index contributed by atoms with van der Waals surface area (Å²) in [7, 11) is 0. The first kappa shape index (κ1) is 8.32. The first-order chi connectivity index (χ1) is 3.68. The van der Waals surface area contributed by atoms with Crippen LogP contribution in [0.1, 0.15) is 6.42 Å². The smallest absolute Gasteiger partial charge is 0.208 e. The highest BCUT2D eigenvalue weighted by atomic mass is 127. The van der Waals surface area contributed by atoms with Crippen LogP contribution in [0.4, 0.5) is 0 Å². The van der Waals surface area contributed by atoms with Crippen molar-refractivity contribution in [3.05, 3.63) is 0 Å². The van der Waals surface area contributed by atoms with Crippen molar-refractivity contribution in [2.24, 2.45) is 11.5 Å². The fraction of sp³-hybridized carbons (Fsp3) is 0.750. The molecular weight excluding hydrogens is 219 g/mol. The molecule has 0 bridgehead atoms. The Morgan fingerprint density at radius 3 is 2.38 bits per heavy atom. The predicted octanol–water partition coefficient (Wildman–Crippen LogP) is -0.376. The third-order valence-corrected chi connectivity index (χ3v) is 1.57. The Balaban J connectivity index is 3.32. The van der Waals surface area contributed by atoms with E-state index in [1.54, 1.807) is 22.6 Å². The minimum absolute atomic E-state index is 0.0203. The SMILES string of the molecule is NCC[C@H](N)C(=O)I. The van der Waals surface area contributed by atoms with Gasteiger partial charge in [0, 0.05) is 22.6 Å². The molecule has 4 heteroatoms. The van der Waals surface area contributed by atoms with Gasteiger partial charge in [0.25, 0.3) is 0 Å². The quantitative estimate of drug-likeness (QED) is 0.511.